The third-order valence-corrected chi connectivity index (χ3v) is 3.66. The molecule has 2 aromatic heterocycles. The van der Waals surface area contributed by atoms with E-state index in [0.717, 1.165) is 36.3 Å². The summed E-state index contributed by atoms with van der Waals surface area (Å²) in [5.41, 5.74) is 2.49. The van der Waals surface area contributed by atoms with Crippen LogP contribution < -0.4 is 0 Å². The Bertz CT molecular complexity index is 572. The molecule has 0 unspecified atom stereocenters. The molecule has 2 rings (SSSR count). The molecule has 1 N–H and O–H groups in total. The predicted octanol–water partition coefficient (Wildman–Crippen LogP) is 3.32. The summed E-state index contributed by atoms with van der Waals surface area (Å²) in [6.07, 6.45) is 4.49. The number of furan rings is 1. The molecule has 0 aliphatic carbocycles. The average molecular weight is 289 g/mol. The number of carbonyl (C=O) groups is 1. The highest BCUT2D eigenvalue weighted by atomic mass is 16.3. The van der Waals surface area contributed by atoms with Gasteiger partial charge in [-0.15, -0.1) is 0 Å². The first-order chi connectivity index (χ1) is 10.2. The predicted molar refractivity (Wildman–Crippen MR) is 81.1 cm³/mol. The number of nitrogens with zero attached hydrogens (tertiary/aromatic N) is 2. The first kappa shape index (κ1) is 15.4. The number of unbranched alkanes of at least 4 members (excludes halogenated alkanes) is 1. The summed E-state index contributed by atoms with van der Waals surface area (Å²) in [4.78, 5) is 14.5. The summed E-state index contributed by atoms with van der Waals surface area (Å²) < 4.78 is 5.36. The fourth-order valence-corrected chi connectivity index (χ4v) is 2.33. The van der Waals surface area contributed by atoms with Gasteiger partial charge in [-0.25, -0.2) is 0 Å². The minimum Gasteiger partial charge on any atom is -0.467 e. The zero-order chi connectivity index (χ0) is 15.2. The summed E-state index contributed by atoms with van der Waals surface area (Å²) in [5, 5.41) is 7.15. The number of aromatic amines is 1. The quantitative estimate of drug-likeness (QED) is 0.850. The van der Waals surface area contributed by atoms with Gasteiger partial charge in [0, 0.05) is 17.8 Å². The summed E-state index contributed by atoms with van der Waals surface area (Å²) in [5.74, 6) is 0.761. The Hall–Kier alpha value is -2.04. The summed E-state index contributed by atoms with van der Waals surface area (Å²) >= 11 is 0. The van der Waals surface area contributed by atoms with Crippen molar-refractivity contribution in [3.05, 3.63) is 41.1 Å². The Morgan fingerprint density at radius 1 is 1.43 bits per heavy atom. The molecule has 2 heterocycles. The van der Waals surface area contributed by atoms with Gasteiger partial charge < -0.3 is 9.32 Å². The van der Waals surface area contributed by atoms with Gasteiger partial charge in [-0.1, -0.05) is 20.3 Å². The van der Waals surface area contributed by atoms with E-state index in [0.29, 0.717) is 18.8 Å². The maximum Gasteiger partial charge on any atom is 0.275 e. The molecule has 21 heavy (non-hydrogen) atoms. The van der Waals surface area contributed by atoms with E-state index in [1.54, 1.807) is 6.26 Å². The van der Waals surface area contributed by atoms with E-state index < -0.39 is 0 Å². The maximum absolute atomic E-state index is 12.7. The fourth-order valence-electron chi connectivity index (χ4n) is 2.33. The van der Waals surface area contributed by atoms with Crippen LogP contribution in [0.1, 0.15) is 54.2 Å². The third-order valence-electron chi connectivity index (χ3n) is 3.66. The summed E-state index contributed by atoms with van der Waals surface area (Å²) in [6, 6.07) is 3.73. The number of aryl methyl sites for hydroxylation is 1. The van der Waals surface area contributed by atoms with Gasteiger partial charge in [0.25, 0.3) is 5.91 Å². The zero-order valence-corrected chi connectivity index (χ0v) is 13.0. The van der Waals surface area contributed by atoms with Gasteiger partial charge in [-0.3, -0.25) is 9.89 Å². The minimum atomic E-state index is -0.0340. The van der Waals surface area contributed by atoms with Crippen molar-refractivity contribution in [2.45, 2.75) is 46.6 Å². The van der Waals surface area contributed by atoms with E-state index in [9.17, 15) is 4.79 Å². The van der Waals surface area contributed by atoms with Crippen LogP contribution in [-0.4, -0.2) is 27.5 Å². The van der Waals surface area contributed by atoms with Crippen molar-refractivity contribution in [1.82, 2.24) is 15.1 Å². The molecule has 0 aromatic carbocycles. The van der Waals surface area contributed by atoms with Crippen LogP contribution in [0.4, 0.5) is 0 Å². The monoisotopic (exact) mass is 289 g/mol. The lowest BCUT2D eigenvalue weighted by molar-refractivity contribution is 0.0722. The molecule has 0 aliphatic heterocycles. The largest absolute Gasteiger partial charge is 0.467 e. The highest BCUT2D eigenvalue weighted by molar-refractivity contribution is 5.93. The molecule has 0 aliphatic rings. The minimum absolute atomic E-state index is 0.0340. The summed E-state index contributed by atoms with van der Waals surface area (Å²) in [7, 11) is 0. The molecule has 0 atom stereocenters. The lowest BCUT2D eigenvalue weighted by Crippen LogP contribution is -2.32. The lowest BCUT2D eigenvalue weighted by atomic mass is 10.1. The van der Waals surface area contributed by atoms with Crippen LogP contribution in [0.3, 0.4) is 0 Å². The molecule has 0 saturated heterocycles. The number of hydrogen-bond donors (Lipinski definition) is 1. The second-order valence-corrected chi connectivity index (χ2v) is 5.19. The van der Waals surface area contributed by atoms with Gasteiger partial charge in [0.2, 0.25) is 0 Å². The topological polar surface area (TPSA) is 62.1 Å². The molecular formula is C16H23N3O2. The Kier molecular flexibility index (Phi) is 5.20. The number of amides is 1. The Labute approximate surface area is 125 Å². The molecule has 114 valence electrons. The summed E-state index contributed by atoms with van der Waals surface area (Å²) in [6.45, 7) is 7.31. The van der Waals surface area contributed by atoms with Crippen LogP contribution in [0, 0.1) is 6.92 Å². The number of nitrogens with one attached hydrogen (secondary N) is 1. The van der Waals surface area contributed by atoms with E-state index in [-0.39, 0.29) is 5.91 Å². The van der Waals surface area contributed by atoms with Crippen molar-refractivity contribution < 1.29 is 9.21 Å². The maximum atomic E-state index is 12.7. The molecule has 0 saturated carbocycles. The Morgan fingerprint density at radius 3 is 2.81 bits per heavy atom. The van der Waals surface area contributed by atoms with E-state index >= 15 is 0 Å². The molecule has 5 nitrogen and oxygen atoms in total. The van der Waals surface area contributed by atoms with Gasteiger partial charge in [0.1, 0.15) is 5.76 Å². The van der Waals surface area contributed by atoms with E-state index in [2.05, 4.69) is 17.1 Å². The molecular weight excluding hydrogens is 266 g/mol. The molecule has 0 spiro atoms. The van der Waals surface area contributed by atoms with Crippen molar-refractivity contribution >= 4 is 5.91 Å². The molecule has 5 heteroatoms. The number of aromatic nitrogens is 2. The van der Waals surface area contributed by atoms with E-state index in [1.807, 2.05) is 30.9 Å². The molecule has 0 fully saturated rings. The number of hydrogen-bond acceptors (Lipinski definition) is 3. The molecule has 1 amide bonds. The first-order valence-corrected chi connectivity index (χ1v) is 7.52. The molecule has 2 aromatic rings. The van der Waals surface area contributed by atoms with Crippen molar-refractivity contribution in [2.75, 3.05) is 6.54 Å². The smallest absolute Gasteiger partial charge is 0.275 e. The fraction of sp³-hybridized carbons (Fsp3) is 0.500. The second kappa shape index (κ2) is 7.11. The van der Waals surface area contributed by atoms with Crippen molar-refractivity contribution in [2.24, 2.45) is 0 Å². The highest BCUT2D eigenvalue weighted by Gasteiger charge is 2.22. The van der Waals surface area contributed by atoms with Crippen molar-refractivity contribution in [3.8, 4) is 0 Å². The number of rotatable bonds is 7. The second-order valence-electron chi connectivity index (χ2n) is 5.19. The van der Waals surface area contributed by atoms with E-state index in [4.69, 9.17) is 4.42 Å². The van der Waals surface area contributed by atoms with Gasteiger partial charge in [0.05, 0.1) is 12.8 Å². The van der Waals surface area contributed by atoms with Gasteiger partial charge in [-0.05, 0) is 31.9 Å². The van der Waals surface area contributed by atoms with Gasteiger partial charge >= 0.3 is 0 Å². The van der Waals surface area contributed by atoms with Crippen molar-refractivity contribution in [1.29, 1.82) is 0 Å². The van der Waals surface area contributed by atoms with E-state index in [1.165, 1.54) is 0 Å². The van der Waals surface area contributed by atoms with Crippen LogP contribution >= 0.6 is 0 Å². The third kappa shape index (κ3) is 3.54. The number of carbonyl (C=O) groups excluding carboxylic acids is 1. The molecule has 0 radical (unpaired) electrons. The van der Waals surface area contributed by atoms with Crippen LogP contribution in [0.5, 0.6) is 0 Å². The standard InChI is InChI=1S/C16H23N3O2/c1-4-6-9-19(11-13-8-7-10-21-13)16(20)15-12(3)14(5-2)17-18-15/h7-8,10H,4-6,9,11H2,1-3H3,(H,17,18). The molecule has 0 bridgehead atoms. The Morgan fingerprint density at radius 2 is 2.24 bits per heavy atom. The lowest BCUT2D eigenvalue weighted by Gasteiger charge is -2.20. The van der Waals surface area contributed by atoms with Crippen molar-refractivity contribution in [3.63, 3.8) is 0 Å². The van der Waals surface area contributed by atoms with Crippen LogP contribution in [0.2, 0.25) is 0 Å². The zero-order valence-electron chi connectivity index (χ0n) is 13.0. The SMILES string of the molecule is CCCCN(Cc1ccco1)C(=O)c1n[nH]c(CC)c1C. The first-order valence-electron chi connectivity index (χ1n) is 7.52. The average Bonchev–Trinajstić information content (AvgIpc) is 3.12. The Balaban J connectivity index is 2.18. The van der Waals surface area contributed by atoms with Crippen LogP contribution in [-0.2, 0) is 13.0 Å². The van der Waals surface area contributed by atoms with Crippen LogP contribution in [0.25, 0.3) is 0 Å². The number of H-pyrrole nitrogens is 1. The van der Waals surface area contributed by atoms with Gasteiger partial charge in [0.15, 0.2) is 5.69 Å². The normalized spacial score (nSPS) is 10.8. The van der Waals surface area contributed by atoms with Crippen LogP contribution in [0.15, 0.2) is 22.8 Å². The van der Waals surface area contributed by atoms with Gasteiger partial charge in [-0.2, -0.15) is 5.10 Å². The highest BCUT2D eigenvalue weighted by Crippen LogP contribution is 2.15.